The molecule has 1 aromatic rings. The molecule has 0 saturated carbocycles. The fourth-order valence-electron chi connectivity index (χ4n) is 3.03. The van der Waals surface area contributed by atoms with Crippen molar-refractivity contribution in [3.05, 3.63) is 35.4 Å². The van der Waals surface area contributed by atoms with Gasteiger partial charge in [0.05, 0.1) is 17.1 Å². The van der Waals surface area contributed by atoms with Crippen LogP contribution in [0.1, 0.15) is 38.3 Å². The highest BCUT2D eigenvalue weighted by Crippen LogP contribution is 2.23. The van der Waals surface area contributed by atoms with E-state index in [0.717, 1.165) is 30.1 Å². The van der Waals surface area contributed by atoms with E-state index in [4.69, 9.17) is 4.74 Å². The topological polar surface area (TPSA) is 71.0 Å². The number of sulfone groups is 1. The largest absolute Gasteiger partial charge is 0.377 e. The Kier molecular flexibility index (Phi) is 7.06. The van der Waals surface area contributed by atoms with Gasteiger partial charge in [-0.3, -0.25) is 4.99 Å². The molecule has 146 valence electrons. The molecule has 0 atom stereocenters. The van der Waals surface area contributed by atoms with Gasteiger partial charge in [0, 0.05) is 33.3 Å². The number of guanidine groups is 1. The monoisotopic (exact) mass is 381 g/mol. The third-order valence-electron chi connectivity index (χ3n) is 4.72. The van der Waals surface area contributed by atoms with Crippen LogP contribution in [0.5, 0.6) is 0 Å². The predicted octanol–water partition coefficient (Wildman–Crippen LogP) is 2.20. The highest BCUT2D eigenvalue weighted by Gasteiger charge is 2.40. The van der Waals surface area contributed by atoms with Crippen molar-refractivity contribution in [1.29, 1.82) is 0 Å². The minimum absolute atomic E-state index is 0.155. The van der Waals surface area contributed by atoms with Crippen LogP contribution < -0.4 is 5.32 Å². The molecule has 0 aliphatic carbocycles. The van der Waals surface area contributed by atoms with Gasteiger partial charge in [0.1, 0.15) is 0 Å². The molecule has 1 heterocycles. The Morgan fingerprint density at radius 2 is 2.00 bits per heavy atom. The number of hydrogen-bond acceptors (Lipinski definition) is 4. The lowest BCUT2D eigenvalue weighted by Gasteiger charge is -2.39. The lowest BCUT2D eigenvalue weighted by molar-refractivity contribution is 0.121. The van der Waals surface area contributed by atoms with E-state index in [-0.39, 0.29) is 5.75 Å². The Morgan fingerprint density at radius 1 is 1.31 bits per heavy atom. The average Bonchev–Trinajstić information content (AvgIpc) is 2.60. The van der Waals surface area contributed by atoms with E-state index in [1.165, 1.54) is 0 Å². The molecule has 0 bridgehead atoms. The van der Waals surface area contributed by atoms with Crippen LogP contribution in [0.3, 0.4) is 0 Å². The van der Waals surface area contributed by atoms with Crippen molar-refractivity contribution < 1.29 is 13.2 Å². The summed E-state index contributed by atoms with van der Waals surface area (Å²) < 4.78 is 29.3. The normalized spacial score (nSPS) is 19.4. The van der Waals surface area contributed by atoms with E-state index in [2.05, 4.69) is 29.4 Å². The van der Waals surface area contributed by atoms with Crippen LogP contribution in [-0.4, -0.2) is 56.5 Å². The van der Waals surface area contributed by atoms with E-state index >= 15 is 0 Å². The number of benzene rings is 1. The van der Waals surface area contributed by atoms with E-state index < -0.39 is 14.6 Å². The summed E-state index contributed by atoms with van der Waals surface area (Å²) in [5.41, 5.74) is 2.32. The molecule has 0 unspecified atom stereocenters. The van der Waals surface area contributed by atoms with Gasteiger partial charge in [-0.15, -0.1) is 0 Å². The molecular weight excluding hydrogens is 350 g/mol. The number of rotatable bonds is 6. The molecule has 7 heteroatoms. The maximum absolute atomic E-state index is 12.2. The van der Waals surface area contributed by atoms with Gasteiger partial charge < -0.3 is 15.0 Å². The first-order valence-corrected chi connectivity index (χ1v) is 10.8. The van der Waals surface area contributed by atoms with Gasteiger partial charge in [0.15, 0.2) is 15.8 Å². The van der Waals surface area contributed by atoms with Crippen LogP contribution in [-0.2, 0) is 27.7 Å². The first kappa shape index (κ1) is 20.7. The van der Waals surface area contributed by atoms with E-state index in [0.29, 0.717) is 26.2 Å². The van der Waals surface area contributed by atoms with Crippen molar-refractivity contribution in [2.45, 2.75) is 45.1 Å². The standard InChI is InChI=1S/C19H31N3O3S/c1-5-11-25-14-17-9-7-6-8-16(17)13-21-18(20-4)22-10-12-26(23,24)19(2,3)15-22/h6-9H,5,10-15H2,1-4H3,(H,20,21). The zero-order valence-electron chi connectivity index (χ0n) is 16.3. The second kappa shape index (κ2) is 8.86. The molecule has 6 nitrogen and oxygen atoms in total. The second-order valence-electron chi connectivity index (χ2n) is 7.22. The van der Waals surface area contributed by atoms with Crippen LogP contribution in [0.2, 0.25) is 0 Å². The van der Waals surface area contributed by atoms with Gasteiger partial charge in [-0.2, -0.15) is 0 Å². The number of nitrogens with zero attached hydrogens (tertiary/aromatic N) is 2. The first-order chi connectivity index (χ1) is 12.3. The molecular formula is C19H31N3O3S. The molecule has 1 fully saturated rings. The molecule has 1 aliphatic heterocycles. The van der Waals surface area contributed by atoms with Crippen LogP contribution in [0.25, 0.3) is 0 Å². The van der Waals surface area contributed by atoms with Gasteiger partial charge in [-0.1, -0.05) is 31.2 Å². The minimum Gasteiger partial charge on any atom is -0.377 e. The Morgan fingerprint density at radius 3 is 2.62 bits per heavy atom. The Balaban J connectivity index is 2.02. The van der Waals surface area contributed by atoms with Crippen LogP contribution in [0.4, 0.5) is 0 Å². The molecule has 0 amide bonds. The van der Waals surface area contributed by atoms with Crippen LogP contribution in [0, 0.1) is 0 Å². The number of hydrogen-bond donors (Lipinski definition) is 1. The summed E-state index contributed by atoms with van der Waals surface area (Å²) in [4.78, 5) is 6.38. The zero-order valence-corrected chi connectivity index (χ0v) is 17.1. The van der Waals surface area contributed by atoms with Gasteiger partial charge >= 0.3 is 0 Å². The van der Waals surface area contributed by atoms with Crippen molar-refractivity contribution >= 4 is 15.8 Å². The fraction of sp³-hybridized carbons (Fsp3) is 0.632. The highest BCUT2D eigenvalue weighted by molar-refractivity contribution is 7.92. The minimum atomic E-state index is -3.06. The third kappa shape index (κ3) is 4.98. The van der Waals surface area contributed by atoms with Gasteiger partial charge in [0.2, 0.25) is 0 Å². The maximum atomic E-state index is 12.2. The van der Waals surface area contributed by atoms with Crippen LogP contribution in [0.15, 0.2) is 29.3 Å². The summed E-state index contributed by atoms with van der Waals surface area (Å²) in [5, 5.41) is 3.38. The zero-order chi connectivity index (χ0) is 19.2. The van der Waals surface area contributed by atoms with Gasteiger partial charge in [0.25, 0.3) is 0 Å². The van der Waals surface area contributed by atoms with Gasteiger partial charge in [-0.25, -0.2) is 8.42 Å². The van der Waals surface area contributed by atoms with Gasteiger partial charge in [-0.05, 0) is 31.4 Å². The lowest BCUT2D eigenvalue weighted by Crippen LogP contribution is -2.57. The molecule has 0 radical (unpaired) electrons. The van der Waals surface area contributed by atoms with E-state index in [9.17, 15) is 8.42 Å². The Bertz CT molecular complexity index is 729. The molecule has 0 aromatic heterocycles. The van der Waals surface area contributed by atoms with E-state index in [1.807, 2.05) is 17.0 Å². The first-order valence-electron chi connectivity index (χ1n) is 9.13. The number of ether oxygens (including phenoxy) is 1. The molecule has 1 N–H and O–H groups in total. The quantitative estimate of drug-likeness (QED) is 0.465. The van der Waals surface area contributed by atoms with E-state index in [1.54, 1.807) is 20.9 Å². The average molecular weight is 382 g/mol. The lowest BCUT2D eigenvalue weighted by atomic mass is 10.1. The molecule has 0 spiro atoms. The number of aliphatic imine (C=N–C) groups is 1. The van der Waals surface area contributed by atoms with Crippen LogP contribution >= 0.6 is 0 Å². The predicted molar refractivity (Wildman–Crippen MR) is 106 cm³/mol. The third-order valence-corrected chi connectivity index (χ3v) is 7.25. The molecule has 1 saturated heterocycles. The summed E-state index contributed by atoms with van der Waals surface area (Å²) in [6.07, 6.45) is 1.00. The SMILES string of the molecule is CCCOCc1ccccc1CNC(=NC)N1CCS(=O)(=O)C(C)(C)C1. The molecule has 2 rings (SSSR count). The highest BCUT2D eigenvalue weighted by atomic mass is 32.2. The number of nitrogens with one attached hydrogen (secondary N) is 1. The maximum Gasteiger partial charge on any atom is 0.193 e. The summed E-state index contributed by atoms with van der Waals surface area (Å²) in [6.45, 7) is 8.53. The van der Waals surface area contributed by atoms with Crippen molar-refractivity contribution in [3.63, 3.8) is 0 Å². The van der Waals surface area contributed by atoms with Crippen molar-refractivity contribution in [1.82, 2.24) is 10.2 Å². The summed E-state index contributed by atoms with van der Waals surface area (Å²) >= 11 is 0. The Labute approximate surface area is 157 Å². The molecule has 1 aliphatic rings. The summed E-state index contributed by atoms with van der Waals surface area (Å²) in [7, 11) is -1.33. The Hall–Kier alpha value is -1.60. The van der Waals surface area contributed by atoms with Crippen molar-refractivity contribution in [3.8, 4) is 0 Å². The fourth-order valence-corrected chi connectivity index (χ4v) is 4.39. The smallest absolute Gasteiger partial charge is 0.193 e. The molecule has 26 heavy (non-hydrogen) atoms. The van der Waals surface area contributed by atoms with Crippen molar-refractivity contribution in [2.24, 2.45) is 4.99 Å². The van der Waals surface area contributed by atoms with Crippen molar-refractivity contribution in [2.75, 3.05) is 32.5 Å². The summed E-state index contributed by atoms with van der Waals surface area (Å²) in [5.74, 6) is 0.888. The second-order valence-corrected chi connectivity index (χ2v) is 9.97. The summed E-state index contributed by atoms with van der Waals surface area (Å²) in [6, 6.07) is 8.18. The molecule has 1 aromatic carbocycles.